The number of hydrogen-bond acceptors (Lipinski definition) is 4. The zero-order valence-electron chi connectivity index (χ0n) is 18.0. The topological polar surface area (TPSA) is 55.4 Å². The van der Waals surface area contributed by atoms with Gasteiger partial charge in [0.1, 0.15) is 4.90 Å². The highest BCUT2D eigenvalue weighted by molar-refractivity contribution is 7.87. The van der Waals surface area contributed by atoms with Gasteiger partial charge in [-0.25, -0.2) is 0 Å². The molecule has 0 spiro atoms. The third-order valence-corrected chi connectivity index (χ3v) is 5.76. The van der Waals surface area contributed by atoms with Crippen LogP contribution in [0.3, 0.4) is 0 Å². The molecule has 158 valence electrons. The first kappa shape index (κ1) is 24.6. The first-order chi connectivity index (χ1) is 13.5. The summed E-state index contributed by atoms with van der Waals surface area (Å²) in [6.45, 7) is 8.99. The summed E-state index contributed by atoms with van der Waals surface area (Å²) in [4.78, 5) is 0.197. The Bertz CT molecular complexity index is 782. The smallest absolute Gasteiger partial charge is 0.192 e. The van der Waals surface area contributed by atoms with E-state index in [4.69, 9.17) is 4.28 Å². The van der Waals surface area contributed by atoms with E-state index >= 15 is 0 Å². The Labute approximate surface area is 171 Å². The van der Waals surface area contributed by atoms with Crippen molar-refractivity contribution in [2.45, 2.75) is 84.0 Å². The fourth-order valence-electron chi connectivity index (χ4n) is 2.84. The standard InChI is InChI=1S/C15H19NO3S.C8H18/c1-3-4-10-16-19-20(17,18)15-7-5-6-13-9-8-12(2)11-14(13)15;1-3-5-7-8-6-4-2/h5-9,11,16H,3-4,10H2,1-2H3;3-8H2,1-2H3. The van der Waals surface area contributed by atoms with Crippen molar-refractivity contribution in [2.24, 2.45) is 0 Å². The van der Waals surface area contributed by atoms with Gasteiger partial charge in [0, 0.05) is 11.9 Å². The lowest BCUT2D eigenvalue weighted by atomic mass is 10.1. The van der Waals surface area contributed by atoms with E-state index in [1.807, 2.05) is 38.1 Å². The minimum Gasteiger partial charge on any atom is -0.192 e. The van der Waals surface area contributed by atoms with Crippen LogP contribution in [0.5, 0.6) is 0 Å². The molecule has 0 bridgehead atoms. The molecular weight excluding hydrogens is 370 g/mol. The summed E-state index contributed by atoms with van der Waals surface area (Å²) in [5.74, 6) is 0. The molecule has 5 heteroatoms. The van der Waals surface area contributed by atoms with Gasteiger partial charge in [0.25, 0.3) is 0 Å². The molecular formula is C23H37NO3S. The molecule has 0 aliphatic heterocycles. The van der Waals surface area contributed by atoms with Gasteiger partial charge < -0.3 is 0 Å². The van der Waals surface area contributed by atoms with Crippen LogP contribution in [0.1, 0.15) is 77.7 Å². The van der Waals surface area contributed by atoms with Crippen molar-refractivity contribution < 1.29 is 12.7 Å². The number of fused-ring (bicyclic) bond motifs is 1. The maximum Gasteiger partial charge on any atom is 0.313 e. The zero-order valence-corrected chi connectivity index (χ0v) is 18.8. The van der Waals surface area contributed by atoms with Crippen molar-refractivity contribution in [3.63, 3.8) is 0 Å². The van der Waals surface area contributed by atoms with Crippen LogP contribution in [-0.2, 0) is 14.4 Å². The van der Waals surface area contributed by atoms with E-state index in [2.05, 4.69) is 19.3 Å². The summed E-state index contributed by atoms with van der Waals surface area (Å²) in [6, 6.07) is 10.9. The second-order valence-corrected chi connectivity index (χ2v) is 8.70. The van der Waals surface area contributed by atoms with Gasteiger partial charge in [-0.1, -0.05) is 102 Å². The number of benzene rings is 2. The van der Waals surface area contributed by atoms with Crippen LogP contribution >= 0.6 is 0 Å². The average Bonchev–Trinajstić information content (AvgIpc) is 2.68. The van der Waals surface area contributed by atoms with E-state index in [0.29, 0.717) is 11.9 Å². The van der Waals surface area contributed by atoms with Crippen LogP contribution in [0.15, 0.2) is 41.3 Å². The third-order valence-electron chi connectivity index (χ3n) is 4.53. The molecule has 4 nitrogen and oxygen atoms in total. The van der Waals surface area contributed by atoms with E-state index in [-0.39, 0.29) is 4.90 Å². The maximum absolute atomic E-state index is 12.2. The number of aryl methyl sites for hydroxylation is 1. The molecule has 0 aliphatic carbocycles. The molecule has 2 aromatic rings. The van der Waals surface area contributed by atoms with E-state index in [9.17, 15) is 8.42 Å². The number of hydroxylamine groups is 1. The van der Waals surface area contributed by atoms with Gasteiger partial charge in [-0.3, -0.25) is 0 Å². The number of nitrogens with one attached hydrogen (secondary N) is 1. The molecule has 0 fully saturated rings. The summed E-state index contributed by atoms with van der Waals surface area (Å²) in [5.41, 5.74) is 3.53. The van der Waals surface area contributed by atoms with E-state index < -0.39 is 10.1 Å². The number of unbranched alkanes of at least 4 members (excludes halogenated alkanes) is 6. The Hall–Kier alpha value is -1.43. The van der Waals surface area contributed by atoms with Gasteiger partial charge in [-0.15, -0.1) is 0 Å². The zero-order chi connectivity index (χ0) is 20.8. The van der Waals surface area contributed by atoms with E-state index in [1.54, 1.807) is 12.1 Å². The van der Waals surface area contributed by atoms with E-state index in [1.165, 1.54) is 38.5 Å². The Balaban J connectivity index is 0.000000416. The van der Waals surface area contributed by atoms with Crippen LogP contribution < -0.4 is 5.48 Å². The highest BCUT2D eigenvalue weighted by Crippen LogP contribution is 2.25. The monoisotopic (exact) mass is 407 g/mol. The van der Waals surface area contributed by atoms with Crippen molar-refractivity contribution in [3.8, 4) is 0 Å². The van der Waals surface area contributed by atoms with Crippen LogP contribution in [0.25, 0.3) is 10.8 Å². The van der Waals surface area contributed by atoms with E-state index in [0.717, 1.165) is 23.8 Å². The van der Waals surface area contributed by atoms with Gasteiger partial charge in [-0.05, 0) is 24.8 Å². The maximum atomic E-state index is 12.2. The Morgan fingerprint density at radius 2 is 1.50 bits per heavy atom. The summed E-state index contributed by atoms with van der Waals surface area (Å²) in [6.07, 6.45) is 10.3. The SMILES string of the molecule is CCCCCCCC.CCCCNOS(=O)(=O)c1cccc2ccc(C)cc12. The minimum absolute atomic E-state index is 0.197. The van der Waals surface area contributed by atoms with Crippen LogP contribution in [0, 0.1) is 6.92 Å². The first-order valence-electron chi connectivity index (χ1n) is 10.6. The second-order valence-electron chi connectivity index (χ2n) is 7.18. The molecule has 0 saturated carbocycles. The predicted molar refractivity (Wildman–Crippen MR) is 119 cm³/mol. The van der Waals surface area contributed by atoms with Crippen LogP contribution in [0.4, 0.5) is 0 Å². The number of hydrogen-bond donors (Lipinski definition) is 1. The summed E-state index contributed by atoms with van der Waals surface area (Å²) < 4.78 is 29.4. The molecule has 0 aromatic heterocycles. The Morgan fingerprint density at radius 1 is 0.857 bits per heavy atom. The Kier molecular flexibility index (Phi) is 12.0. The van der Waals surface area contributed by atoms with Crippen molar-refractivity contribution in [3.05, 3.63) is 42.0 Å². The molecule has 2 aromatic carbocycles. The van der Waals surface area contributed by atoms with Crippen molar-refractivity contribution >= 4 is 20.9 Å². The minimum atomic E-state index is -3.80. The molecule has 0 heterocycles. The normalized spacial score (nSPS) is 11.3. The van der Waals surface area contributed by atoms with Gasteiger partial charge >= 0.3 is 10.1 Å². The fraction of sp³-hybridized carbons (Fsp3) is 0.565. The van der Waals surface area contributed by atoms with Crippen LogP contribution in [-0.4, -0.2) is 15.0 Å². The molecule has 0 unspecified atom stereocenters. The van der Waals surface area contributed by atoms with Crippen molar-refractivity contribution in [1.82, 2.24) is 5.48 Å². The summed E-state index contributed by atoms with van der Waals surface area (Å²) in [5, 5.41) is 1.57. The highest BCUT2D eigenvalue weighted by atomic mass is 32.2. The predicted octanol–water partition coefficient (Wildman–Crippen LogP) is 6.53. The molecule has 0 saturated heterocycles. The second kappa shape index (κ2) is 13.7. The molecule has 0 atom stereocenters. The first-order valence-corrected chi connectivity index (χ1v) is 12.0. The molecule has 0 radical (unpaired) electrons. The fourth-order valence-corrected chi connectivity index (χ4v) is 3.86. The van der Waals surface area contributed by atoms with Gasteiger partial charge in [0.05, 0.1) is 0 Å². The van der Waals surface area contributed by atoms with Crippen LogP contribution in [0.2, 0.25) is 0 Å². The van der Waals surface area contributed by atoms with Gasteiger partial charge in [0.2, 0.25) is 0 Å². The molecule has 0 amide bonds. The average molecular weight is 408 g/mol. The largest absolute Gasteiger partial charge is 0.313 e. The lowest BCUT2D eigenvalue weighted by Gasteiger charge is -2.09. The van der Waals surface area contributed by atoms with Gasteiger partial charge in [-0.2, -0.15) is 18.2 Å². The summed E-state index contributed by atoms with van der Waals surface area (Å²) in [7, 11) is -3.80. The molecule has 28 heavy (non-hydrogen) atoms. The molecule has 1 N–H and O–H groups in total. The highest BCUT2D eigenvalue weighted by Gasteiger charge is 2.18. The van der Waals surface area contributed by atoms with Crippen molar-refractivity contribution in [2.75, 3.05) is 6.54 Å². The molecule has 2 rings (SSSR count). The van der Waals surface area contributed by atoms with Crippen molar-refractivity contribution in [1.29, 1.82) is 0 Å². The third kappa shape index (κ3) is 8.72. The molecule has 0 aliphatic rings. The van der Waals surface area contributed by atoms with Gasteiger partial charge in [0.15, 0.2) is 0 Å². The Morgan fingerprint density at radius 3 is 2.11 bits per heavy atom. The quantitative estimate of drug-likeness (QED) is 0.340. The lowest BCUT2D eigenvalue weighted by Crippen LogP contribution is -2.21. The lowest BCUT2D eigenvalue weighted by molar-refractivity contribution is 0.202. The summed E-state index contributed by atoms with van der Waals surface area (Å²) >= 11 is 0. The number of rotatable bonds is 11.